The van der Waals surface area contributed by atoms with Crippen molar-refractivity contribution in [3.8, 4) is 0 Å². The fraction of sp³-hybridized carbons (Fsp3) is 0.444. The first-order valence-corrected chi connectivity index (χ1v) is 4.88. The molecule has 1 unspecified atom stereocenters. The number of H-pyrrole nitrogens is 1. The molecule has 1 amide bonds. The molecule has 0 bridgehead atoms. The third-order valence-electron chi connectivity index (χ3n) is 2.21. The van der Waals surface area contributed by atoms with Crippen molar-refractivity contribution < 1.29 is 4.79 Å². The Kier molecular flexibility index (Phi) is 7.53. The van der Waals surface area contributed by atoms with Gasteiger partial charge in [0.2, 0.25) is 5.91 Å². The molecule has 6 nitrogen and oxygen atoms in total. The molecule has 1 aromatic rings. The SMILES string of the molecule is Cl.Cl.O=C(NCCc1cn[nH]n1)C1C=CCN1. The van der Waals surface area contributed by atoms with Crippen LogP contribution in [0.4, 0.5) is 0 Å². The number of amides is 1. The Labute approximate surface area is 111 Å². The van der Waals surface area contributed by atoms with E-state index in [1.54, 1.807) is 6.20 Å². The first-order chi connectivity index (χ1) is 7.36. The van der Waals surface area contributed by atoms with Crippen LogP contribution in [0.2, 0.25) is 0 Å². The Hall–Kier alpha value is -1.11. The van der Waals surface area contributed by atoms with Crippen molar-refractivity contribution in [1.82, 2.24) is 26.0 Å². The fourth-order valence-electron chi connectivity index (χ4n) is 1.42. The minimum atomic E-state index is -0.178. The monoisotopic (exact) mass is 279 g/mol. The predicted octanol–water partition coefficient (Wildman–Crippen LogP) is -0.165. The maximum absolute atomic E-state index is 11.5. The average molecular weight is 280 g/mol. The van der Waals surface area contributed by atoms with Crippen molar-refractivity contribution in [2.24, 2.45) is 0 Å². The van der Waals surface area contributed by atoms with Crippen LogP contribution in [0.1, 0.15) is 5.69 Å². The van der Waals surface area contributed by atoms with Crippen molar-refractivity contribution in [1.29, 1.82) is 0 Å². The Morgan fingerprint density at radius 3 is 2.94 bits per heavy atom. The second kappa shape index (κ2) is 8.05. The fourth-order valence-corrected chi connectivity index (χ4v) is 1.42. The number of rotatable bonds is 4. The van der Waals surface area contributed by atoms with E-state index in [0.29, 0.717) is 13.0 Å². The van der Waals surface area contributed by atoms with Crippen LogP contribution in [0.15, 0.2) is 18.3 Å². The number of nitrogens with zero attached hydrogens (tertiary/aromatic N) is 2. The summed E-state index contributed by atoms with van der Waals surface area (Å²) in [6.45, 7) is 1.35. The van der Waals surface area contributed by atoms with Gasteiger partial charge in [-0.15, -0.1) is 24.8 Å². The van der Waals surface area contributed by atoms with E-state index in [9.17, 15) is 4.79 Å². The number of hydrogen-bond donors (Lipinski definition) is 3. The molecule has 96 valence electrons. The van der Waals surface area contributed by atoms with Crippen LogP contribution in [0.25, 0.3) is 0 Å². The van der Waals surface area contributed by atoms with Gasteiger partial charge in [0, 0.05) is 19.5 Å². The lowest BCUT2D eigenvalue weighted by Gasteiger charge is -2.09. The summed E-state index contributed by atoms with van der Waals surface area (Å²) in [6.07, 6.45) is 6.16. The molecular weight excluding hydrogens is 265 g/mol. The van der Waals surface area contributed by atoms with Crippen molar-refractivity contribution in [3.63, 3.8) is 0 Å². The summed E-state index contributed by atoms with van der Waals surface area (Å²) >= 11 is 0. The molecule has 0 spiro atoms. The zero-order valence-corrected chi connectivity index (χ0v) is 10.7. The van der Waals surface area contributed by atoms with E-state index in [1.807, 2.05) is 12.2 Å². The lowest BCUT2D eigenvalue weighted by molar-refractivity contribution is -0.121. The van der Waals surface area contributed by atoms with Crippen LogP contribution in [0.3, 0.4) is 0 Å². The first-order valence-electron chi connectivity index (χ1n) is 4.88. The highest BCUT2D eigenvalue weighted by molar-refractivity contribution is 5.85. The highest BCUT2D eigenvalue weighted by atomic mass is 35.5. The Morgan fingerprint density at radius 1 is 1.53 bits per heavy atom. The van der Waals surface area contributed by atoms with Gasteiger partial charge in [-0.2, -0.15) is 15.4 Å². The molecular formula is C9H15Cl2N5O. The highest BCUT2D eigenvalue weighted by Gasteiger charge is 2.16. The highest BCUT2D eigenvalue weighted by Crippen LogP contribution is 1.95. The van der Waals surface area contributed by atoms with Crippen LogP contribution >= 0.6 is 24.8 Å². The van der Waals surface area contributed by atoms with Gasteiger partial charge >= 0.3 is 0 Å². The molecule has 0 radical (unpaired) electrons. The Morgan fingerprint density at radius 2 is 2.35 bits per heavy atom. The van der Waals surface area contributed by atoms with Crippen molar-refractivity contribution in [3.05, 3.63) is 24.0 Å². The van der Waals surface area contributed by atoms with Crippen LogP contribution in [0.5, 0.6) is 0 Å². The van der Waals surface area contributed by atoms with Crippen molar-refractivity contribution in [2.75, 3.05) is 13.1 Å². The number of aromatic nitrogens is 3. The normalized spacial score (nSPS) is 17.1. The Balaban J connectivity index is 0.00000128. The summed E-state index contributed by atoms with van der Waals surface area (Å²) in [5, 5.41) is 16.0. The van der Waals surface area contributed by atoms with Crippen LogP contribution in [-0.2, 0) is 11.2 Å². The van der Waals surface area contributed by atoms with Gasteiger partial charge in [-0.05, 0) is 0 Å². The van der Waals surface area contributed by atoms with E-state index < -0.39 is 0 Å². The van der Waals surface area contributed by atoms with Gasteiger partial charge in [-0.25, -0.2) is 0 Å². The standard InChI is InChI=1S/C9H13N5O.2ClH/c15-9(8-2-1-4-10-8)11-5-3-7-6-12-14-13-7;;/h1-2,6,8,10H,3-5H2,(H,11,15)(H,12,13,14);2*1H. The lowest BCUT2D eigenvalue weighted by Crippen LogP contribution is -2.41. The van der Waals surface area contributed by atoms with Gasteiger partial charge < -0.3 is 5.32 Å². The van der Waals surface area contributed by atoms with Gasteiger partial charge in [0.15, 0.2) is 0 Å². The molecule has 0 fully saturated rings. The van der Waals surface area contributed by atoms with E-state index >= 15 is 0 Å². The van der Waals surface area contributed by atoms with E-state index in [0.717, 1.165) is 12.2 Å². The van der Waals surface area contributed by atoms with Gasteiger partial charge in [-0.3, -0.25) is 10.1 Å². The zero-order valence-electron chi connectivity index (χ0n) is 9.05. The minimum absolute atomic E-state index is 0. The van der Waals surface area contributed by atoms with Gasteiger partial charge in [-0.1, -0.05) is 12.2 Å². The number of carbonyl (C=O) groups is 1. The van der Waals surface area contributed by atoms with Crippen molar-refractivity contribution >= 4 is 30.7 Å². The molecule has 1 atom stereocenters. The topological polar surface area (TPSA) is 82.7 Å². The predicted molar refractivity (Wildman–Crippen MR) is 68.5 cm³/mol. The minimum Gasteiger partial charge on any atom is -0.354 e. The largest absolute Gasteiger partial charge is 0.354 e. The van der Waals surface area contributed by atoms with E-state index in [1.165, 1.54) is 0 Å². The third kappa shape index (κ3) is 4.72. The average Bonchev–Trinajstić information content (AvgIpc) is 2.90. The lowest BCUT2D eigenvalue weighted by atomic mass is 10.3. The van der Waals surface area contributed by atoms with Gasteiger partial charge in [0.1, 0.15) is 6.04 Å². The summed E-state index contributed by atoms with van der Waals surface area (Å²) in [7, 11) is 0. The number of halogens is 2. The first kappa shape index (κ1) is 15.9. The maximum atomic E-state index is 11.5. The molecule has 0 saturated heterocycles. The van der Waals surface area contributed by atoms with Gasteiger partial charge in [0.25, 0.3) is 0 Å². The number of carbonyl (C=O) groups excluding carboxylic acids is 1. The second-order valence-electron chi connectivity index (χ2n) is 3.32. The molecule has 2 heterocycles. The molecule has 2 rings (SSSR count). The second-order valence-corrected chi connectivity index (χ2v) is 3.32. The molecule has 1 aliphatic heterocycles. The summed E-state index contributed by atoms with van der Waals surface area (Å²) in [5.41, 5.74) is 0.852. The summed E-state index contributed by atoms with van der Waals surface area (Å²) < 4.78 is 0. The molecule has 0 aliphatic carbocycles. The number of aromatic amines is 1. The molecule has 1 aliphatic rings. The molecule has 8 heteroatoms. The summed E-state index contributed by atoms with van der Waals surface area (Å²) in [6, 6.07) is -0.178. The number of hydrogen-bond acceptors (Lipinski definition) is 4. The van der Waals surface area contributed by atoms with Gasteiger partial charge in [0.05, 0.1) is 11.9 Å². The quantitative estimate of drug-likeness (QED) is 0.669. The maximum Gasteiger partial charge on any atom is 0.241 e. The number of nitrogens with one attached hydrogen (secondary N) is 3. The third-order valence-corrected chi connectivity index (χ3v) is 2.21. The van der Waals surface area contributed by atoms with Crippen LogP contribution in [-0.4, -0.2) is 40.4 Å². The van der Waals surface area contributed by atoms with Crippen molar-refractivity contribution in [2.45, 2.75) is 12.5 Å². The van der Waals surface area contributed by atoms with E-state index in [-0.39, 0.29) is 36.8 Å². The van der Waals surface area contributed by atoms with Crippen LogP contribution < -0.4 is 10.6 Å². The molecule has 0 saturated carbocycles. The molecule has 3 N–H and O–H groups in total. The summed E-state index contributed by atoms with van der Waals surface area (Å²) in [5.74, 6) is 0.00671. The Bertz CT molecular complexity index is 354. The molecule has 1 aromatic heterocycles. The van der Waals surface area contributed by atoms with Crippen LogP contribution in [0, 0.1) is 0 Å². The summed E-state index contributed by atoms with van der Waals surface area (Å²) in [4.78, 5) is 11.5. The zero-order chi connectivity index (χ0) is 10.5. The molecule has 0 aromatic carbocycles. The smallest absolute Gasteiger partial charge is 0.241 e. The van der Waals surface area contributed by atoms with E-state index in [2.05, 4.69) is 26.0 Å². The molecule has 17 heavy (non-hydrogen) atoms. The van der Waals surface area contributed by atoms with E-state index in [4.69, 9.17) is 0 Å².